The third-order valence-corrected chi connectivity index (χ3v) is 2.27. The second kappa shape index (κ2) is 7.26. The van der Waals surface area contributed by atoms with Crippen molar-refractivity contribution in [3.8, 4) is 0 Å². The van der Waals surface area contributed by atoms with Gasteiger partial charge < -0.3 is 10.1 Å². The zero-order valence-electron chi connectivity index (χ0n) is 10.2. The molecule has 1 N–H and O–H groups in total. The number of rotatable bonds is 6. The molecule has 1 amide bonds. The number of alkyl carbamates (subject to hydrolysis) is 1. The van der Waals surface area contributed by atoms with Gasteiger partial charge in [-0.3, -0.25) is 10.1 Å². The molecule has 6 nitrogen and oxygen atoms in total. The van der Waals surface area contributed by atoms with Gasteiger partial charge in [-0.1, -0.05) is 19.1 Å². The van der Waals surface area contributed by atoms with Crippen LogP contribution in [0, 0.1) is 10.1 Å². The van der Waals surface area contributed by atoms with Crippen LogP contribution in [0.2, 0.25) is 0 Å². The molecule has 0 saturated carbocycles. The molecule has 1 aromatic carbocycles. The number of ether oxygens (including phenoxy) is 1. The first-order valence-electron chi connectivity index (χ1n) is 5.77. The van der Waals surface area contributed by atoms with Crippen molar-refractivity contribution in [1.29, 1.82) is 0 Å². The number of hydrogen-bond donors (Lipinski definition) is 1. The Balaban J connectivity index is 2.31. The molecule has 0 atom stereocenters. The van der Waals surface area contributed by atoms with E-state index in [1.165, 1.54) is 12.1 Å². The van der Waals surface area contributed by atoms with Crippen LogP contribution in [0.3, 0.4) is 0 Å². The van der Waals surface area contributed by atoms with Gasteiger partial charge in [-0.15, -0.1) is 0 Å². The Bertz CT molecular complexity index is 403. The summed E-state index contributed by atoms with van der Waals surface area (Å²) < 4.78 is 4.84. The fourth-order valence-electron chi connectivity index (χ4n) is 1.34. The lowest BCUT2D eigenvalue weighted by atomic mass is 10.1. The average molecular weight is 252 g/mol. The van der Waals surface area contributed by atoms with E-state index in [4.69, 9.17) is 4.74 Å². The summed E-state index contributed by atoms with van der Waals surface area (Å²) in [7, 11) is 0. The summed E-state index contributed by atoms with van der Waals surface area (Å²) >= 11 is 0. The van der Waals surface area contributed by atoms with Gasteiger partial charge in [0.2, 0.25) is 0 Å². The molecular weight excluding hydrogens is 236 g/mol. The summed E-state index contributed by atoms with van der Waals surface area (Å²) in [5.74, 6) is 0. The Hall–Kier alpha value is -2.11. The monoisotopic (exact) mass is 252 g/mol. The van der Waals surface area contributed by atoms with Gasteiger partial charge in [0.15, 0.2) is 0 Å². The highest BCUT2D eigenvalue weighted by Crippen LogP contribution is 2.11. The molecule has 6 heteroatoms. The second-order valence-electron chi connectivity index (χ2n) is 3.74. The molecule has 0 unspecified atom stereocenters. The Morgan fingerprint density at radius 2 is 2.06 bits per heavy atom. The van der Waals surface area contributed by atoms with Crippen LogP contribution in [0.1, 0.15) is 18.9 Å². The normalized spacial score (nSPS) is 9.83. The van der Waals surface area contributed by atoms with E-state index in [2.05, 4.69) is 5.32 Å². The molecule has 0 fully saturated rings. The number of nitro groups is 1. The minimum absolute atomic E-state index is 0.0639. The Kier molecular flexibility index (Phi) is 5.63. The molecule has 0 aliphatic carbocycles. The number of benzene rings is 1. The lowest BCUT2D eigenvalue weighted by Crippen LogP contribution is -2.26. The van der Waals surface area contributed by atoms with Crippen molar-refractivity contribution < 1.29 is 14.5 Å². The minimum Gasteiger partial charge on any atom is -0.450 e. The zero-order chi connectivity index (χ0) is 13.4. The van der Waals surface area contributed by atoms with Crippen molar-refractivity contribution in [2.75, 3.05) is 13.2 Å². The van der Waals surface area contributed by atoms with Crippen molar-refractivity contribution in [2.24, 2.45) is 0 Å². The zero-order valence-corrected chi connectivity index (χ0v) is 10.2. The number of hydrogen-bond acceptors (Lipinski definition) is 4. The topological polar surface area (TPSA) is 81.5 Å². The summed E-state index contributed by atoms with van der Waals surface area (Å²) in [6.07, 6.45) is 0.966. The van der Waals surface area contributed by atoms with Crippen molar-refractivity contribution in [2.45, 2.75) is 19.8 Å². The third kappa shape index (κ3) is 4.82. The maximum Gasteiger partial charge on any atom is 0.407 e. The van der Waals surface area contributed by atoms with E-state index in [1.807, 2.05) is 6.92 Å². The van der Waals surface area contributed by atoms with Gasteiger partial charge in [-0.25, -0.2) is 4.79 Å². The number of amides is 1. The molecule has 0 radical (unpaired) electrons. The summed E-state index contributed by atoms with van der Waals surface area (Å²) in [6, 6.07) is 6.25. The highest BCUT2D eigenvalue weighted by atomic mass is 16.6. The first-order chi connectivity index (χ1) is 8.63. The minimum atomic E-state index is -0.440. The lowest BCUT2D eigenvalue weighted by Gasteiger charge is -2.05. The molecule has 0 aromatic heterocycles. The molecule has 0 heterocycles. The van der Waals surface area contributed by atoms with E-state index in [0.29, 0.717) is 19.6 Å². The van der Waals surface area contributed by atoms with Crippen LogP contribution in [0.4, 0.5) is 10.5 Å². The number of carbonyl (C=O) groups is 1. The Labute approximate surface area is 105 Å². The van der Waals surface area contributed by atoms with E-state index in [-0.39, 0.29) is 5.69 Å². The molecule has 0 saturated heterocycles. The number of nitrogens with zero attached hydrogens (tertiary/aromatic N) is 1. The fraction of sp³-hybridized carbons (Fsp3) is 0.417. The molecule has 98 valence electrons. The third-order valence-electron chi connectivity index (χ3n) is 2.27. The van der Waals surface area contributed by atoms with Gasteiger partial charge in [0, 0.05) is 18.7 Å². The fourth-order valence-corrected chi connectivity index (χ4v) is 1.34. The van der Waals surface area contributed by atoms with Crippen molar-refractivity contribution in [3.63, 3.8) is 0 Å². The predicted molar refractivity (Wildman–Crippen MR) is 66.4 cm³/mol. The molecule has 1 rings (SSSR count). The smallest absolute Gasteiger partial charge is 0.407 e. The molecular formula is C12H16N2O4. The second-order valence-corrected chi connectivity index (χ2v) is 3.74. The van der Waals surface area contributed by atoms with Crippen LogP contribution >= 0.6 is 0 Å². The Morgan fingerprint density at radius 1 is 1.39 bits per heavy atom. The summed E-state index contributed by atoms with van der Waals surface area (Å²) in [4.78, 5) is 21.1. The van der Waals surface area contributed by atoms with Crippen molar-refractivity contribution in [3.05, 3.63) is 39.9 Å². The molecule has 1 aromatic rings. The van der Waals surface area contributed by atoms with Crippen molar-refractivity contribution in [1.82, 2.24) is 5.32 Å². The maximum atomic E-state index is 11.1. The SMILES string of the molecule is CCCOC(=O)NCCc1ccc([N+](=O)[O-])cc1. The van der Waals surface area contributed by atoms with Crippen LogP contribution in [0.5, 0.6) is 0 Å². The van der Waals surface area contributed by atoms with Gasteiger partial charge in [-0.05, 0) is 18.4 Å². The standard InChI is InChI=1S/C12H16N2O4/c1-2-9-18-12(15)13-8-7-10-3-5-11(6-4-10)14(16)17/h3-6H,2,7-9H2,1H3,(H,13,15). The highest BCUT2D eigenvalue weighted by Gasteiger charge is 2.04. The average Bonchev–Trinajstić information content (AvgIpc) is 2.37. The largest absolute Gasteiger partial charge is 0.450 e. The molecule has 18 heavy (non-hydrogen) atoms. The number of nitrogens with one attached hydrogen (secondary N) is 1. The Morgan fingerprint density at radius 3 is 2.61 bits per heavy atom. The number of non-ortho nitro benzene ring substituents is 1. The number of nitro benzene ring substituents is 1. The van der Waals surface area contributed by atoms with E-state index in [1.54, 1.807) is 12.1 Å². The van der Waals surface area contributed by atoms with Gasteiger partial charge >= 0.3 is 6.09 Å². The van der Waals surface area contributed by atoms with Crippen LogP contribution in [-0.2, 0) is 11.2 Å². The quantitative estimate of drug-likeness (QED) is 0.622. The van der Waals surface area contributed by atoms with Gasteiger partial charge in [-0.2, -0.15) is 0 Å². The van der Waals surface area contributed by atoms with Crippen LogP contribution in [-0.4, -0.2) is 24.2 Å². The lowest BCUT2D eigenvalue weighted by molar-refractivity contribution is -0.384. The predicted octanol–water partition coefficient (Wildman–Crippen LogP) is 2.27. The van der Waals surface area contributed by atoms with E-state index < -0.39 is 11.0 Å². The first-order valence-corrected chi connectivity index (χ1v) is 5.77. The van der Waals surface area contributed by atoms with E-state index in [9.17, 15) is 14.9 Å². The van der Waals surface area contributed by atoms with E-state index >= 15 is 0 Å². The molecule has 0 aliphatic rings. The van der Waals surface area contributed by atoms with Gasteiger partial charge in [0.1, 0.15) is 0 Å². The van der Waals surface area contributed by atoms with E-state index in [0.717, 1.165) is 12.0 Å². The van der Waals surface area contributed by atoms with Crippen LogP contribution in [0.15, 0.2) is 24.3 Å². The van der Waals surface area contributed by atoms with Crippen LogP contribution in [0.25, 0.3) is 0 Å². The number of carbonyl (C=O) groups excluding carboxylic acids is 1. The molecule has 0 bridgehead atoms. The maximum absolute atomic E-state index is 11.1. The summed E-state index contributed by atoms with van der Waals surface area (Å²) in [5, 5.41) is 13.1. The van der Waals surface area contributed by atoms with Gasteiger partial charge in [0.25, 0.3) is 5.69 Å². The van der Waals surface area contributed by atoms with Gasteiger partial charge in [0.05, 0.1) is 11.5 Å². The molecule has 0 spiro atoms. The van der Waals surface area contributed by atoms with Crippen molar-refractivity contribution >= 4 is 11.8 Å². The van der Waals surface area contributed by atoms with Crippen LogP contribution < -0.4 is 5.32 Å². The summed E-state index contributed by atoms with van der Waals surface area (Å²) in [5.41, 5.74) is 0.991. The molecule has 0 aliphatic heterocycles. The summed E-state index contributed by atoms with van der Waals surface area (Å²) in [6.45, 7) is 2.77. The highest BCUT2D eigenvalue weighted by molar-refractivity contribution is 5.67. The first kappa shape index (κ1) is 14.0.